The second kappa shape index (κ2) is 8.80. The Morgan fingerprint density at radius 3 is 2.39 bits per heavy atom. The normalized spacial score (nSPS) is 11.3. The molecule has 2 aromatic carbocycles. The number of carbonyl (C=O) groups is 2. The van der Waals surface area contributed by atoms with Crippen LogP contribution in [0.15, 0.2) is 60.3 Å². The molecule has 0 aliphatic rings. The molecule has 0 saturated carbocycles. The summed E-state index contributed by atoms with van der Waals surface area (Å²) in [5.74, 6) is -1.91. The number of amides is 1. The lowest BCUT2D eigenvalue weighted by Crippen LogP contribution is -2.27. The van der Waals surface area contributed by atoms with Crippen LogP contribution in [0.3, 0.4) is 0 Å². The van der Waals surface area contributed by atoms with Gasteiger partial charge in [0.05, 0.1) is 10.6 Å². The number of thiophene rings is 1. The fourth-order valence-electron chi connectivity index (χ4n) is 2.39. The minimum atomic E-state index is -1.27. The zero-order chi connectivity index (χ0) is 20.3. The Hall–Kier alpha value is -2.31. The summed E-state index contributed by atoms with van der Waals surface area (Å²) in [5, 5.41) is 12.9. The fraction of sp³-hybridized carbons (Fsp3) is 0. The topological polar surface area (TPSA) is 66.4 Å². The van der Waals surface area contributed by atoms with Crippen molar-refractivity contribution in [2.24, 2.45) is 0 Å². The number of benzene rings is 2. The number of hydrogen-bond donors (Lipinski definition) is 2. The third kappa shape index (κ3) is 4.75. The van der Waals surface area contributed by atoms with Gasteiger partial charge in [0.25, 0.3) is 5.91 Å². The average Bonchev–Trinajstić information content (AvgIpc) is 3.09. The van der Waals surface area contributed by atoms with Gasteiger partial charge in [-0.2, -0.15) is 0 Å². The van der Waals surface area contributed by atoms with Crippen molar-refractivity contribution in [2.75, 3.05) is 0 Å². The first-order chi connectivity index (χ1) is 13.3. The molecule has 1 heterocycles. The number of rotatable bonds is 5. The van der Waals surface area contributed by atoms with E-state index in [2.05, 4.69) is 5.32 Å². The van der Waals surface area contributed by atoms with Gasteiger partial charge in [0, 0.05) is 25.4 Å². The quantitative estimate of drug-likeness (QED) is 0.451. The SMILES string of the molecule is O=C(O)/C(=C\c1ccc(-c2ccccc2Cl)s1)NC(=O)c1ccc(Cl)cc1Cl. The molecule has 0 fully saturated rings. The first-order valence-corrected chi connectivity index (χ1v) is 9.86. The van der Waals surface area contributed by atoms with E-state index in [1.54, 1.807) is 12.1 Å². The van der Waals surface area contributed by atoms with Crippen LogP contribution < -0.4 is 5.32 Å². The molecule has 3 rings (SSSR count). The maximum atomic E-state index is 12.4. The summed E-state index contributed by atoms with van der Waals surface area (Å²) in [6.45, 7) is 0. The van der Waals surface area contributed by atoms with Gasteiger partial charge in [-0.3, -0.25) is 4.79 Å². The van der Waals surface area contributed by atoms with E-state index in [0.717, 1.165) is 10.4 Å². The van der Waals surface area contributed by atoms with Gasteiger partial charge in [-0.25, -0.2) is 4.79 Å². The van der Waals surface area contributed by atoms with Gasteiger partial charge in [-0.15, -0.1) is 11.3 Å². The number of carboxylic acid groups (broad SMARTS) is 1. The third-order valence-electron chi connectivity index (χ3n) is 3.71. The van der Waals surface area contributed by atoms with E-state index in [9.17, 15) is 14.7 Å². The highest BCUT2D eigenvalue weighted by Crippen LogP contribution is 2.34. The molecule has 142 valence electrons. The zero-order valence-corrected chi connectivity index (χ0v) is 17.2. The van der Waals surface area contributed by atoms with E-state index in [0.29, 0.717) is 14.9 Å². The average molecular weight is 453 g/mol. The molecule has 0 unspecified atom stereocenters. The van der Waals surface area contributed by atoms with E-state index in [1.165, 1.54) is 35.6 Å². The van der Waals surface area contributed by atoms with Gasteiger partial charge in [-0.1, -0.05) is 53.0 Å². The predicted octanol–water partition coefficient (Wildman–Crippen LogP) is 6.23. The van der Waals surface area contributed by atoms with E-state index in [-0.39, 0.29) is 16.3 Å². The Bertz CT molecular complexity index is 1090. The molecule has 28 heavy (non-hydrogen) atoms. The molecule has 1 aromatic heterocycles. The molecule has 8 heteroatoms. The molecule has 0 spiro atoms. The van der Waals surface area contributed by atoms with Crippen molar-refractivity contribution in [1.82, 2.24) is 5.32 Å². The molecule has 0 atom stereocenters. The highest BCUT2D eigenvalue weighted by atomic mass is 35.5. The van der Waals surface area contributed by atoms with Crippen molar-refractivity contribution in [1.29, 1.82) is 0 Å². The van der Waals surface area contributed by atoms with E-state index < -0.39 is 11.9 Å². The standard InChI is InChI=1S/C20H12Cl3NO3S/c21-11-5-7-14(16(23)9-11)19(25)24-17(20(26)27)10-12-6-8-18(28-12)13-3-1-2-4-15(13)22/h1-10H,(H,24,25)(H,26,27)/b17-10+. The van der Waals surface area contributed by atoms with Crippen molar-refractivity contribution < 1.29 is 14.7 Å². The summed E-state index contributed by atoms with van der Waals surface area (Å²) in [5.41, 5.74) is 0.701. The largest absolute Gasteiger partial charge is 0.477 e. The molecule has 0 radical (unpaired) electrons. The van der Waals surface area contributed by atoms with Gasteiger partial charge in [0.2, 0.25) is 0 Å². The summed E-state index contributed by atoms with van der Waals surface area (Å²) >= 11 is 19.4. The van der Waals surface area contributed by atoms with Crippen LogP contribution >= 0.6 is 46.1 Å². The van der Waals surface area contributed by atoms with Crippen LogP contribution in [-0.2, 0) is 4.79 Å². The number of halogens is 3. The van der Waals surface area contributed by atoms with Crippen LogP contribution in [-0.4, -0.2) is 17.0 Å². The monoisotopic (exact) mass is 451 g/mol. The first kappa shape index (κ1) is 20.4. The molecular weight excluding hydrogens is 441 g/mol. The van der Waals surface area contributed by atoms with E-state index in [1.807, 2.05) is 24.3 Å². The molecular formula is C20H12Cl3NO3S. The van der Waals surface area contributed by atoms with Crippen LogP contribution in [0.5, 0.6) is 0 Å². The fourth-order valence-corrected chi connectivity index (χ4v) is 4.17. The first-order valence-electron chi connectivity index (χ1n) is 7.91. The van der Waals surface area contributed by atoms with Crippen LogP contribution in [0.4, 0.5) is 0 Å². The summed E-state index contributed by atoms with van der Waals surface area (Å²) in [6, 6.07) is 15.3. The maximum absolute atomic E-state index is 12.4. The third-order valence-corrected chi connectivity index (χ3v) is 5.65. The minimum Gasteiger partial charge on any atom is -0.477 e. The van der Waals surface area contributed by atoms with Gasteiger partial charge in [-0.05, 0) is 42.5 Å². The van der Waals surface area contributed by atoms with Crippen molar-refractivity contribution in [2.45, 2.75) is 0 Å². The van der Waals surface area contributed by atoms with Crippen molar-refractivity contribution in [3.05, 3.63) is 85.8 Å². The predicted molar refractivity (Wildman–Crippen MR) is 114 cm³/mol. The molecule has 3 aromatic rings. The van der Waals surface area contributed by atoms with Crippen LogP contribution in [0.1, 0.15) is 15.2 Å². The highest BCUT2D eigenvalue weighted by molar-refractivity contribution is 7.16. The second-order valence-corrected chi connectivity index (χ2v) is 7.99. The van der Waals surface area contributed by atoms with E-state index in [4.69, 9.17) is 34.8 Å². The smallest absolute Gasteiger partial charge is 0.352 e. The molecule has 0 aliphatic carbocycles. The number of nitrogens with one attached hydrogen (secondary N) is 1. The summed E-state index contributed by atoms with van der Waals surface area (Å²) in [7, 11) is 0. The lowest BCUT2D eigenvalue weighted by molar-refractivity contribution is -0.132. The van der Waals surface area contributed by atoms with Gasteiger partial charge in [0.15, 0.2) is 0 Å². The molecule has 0 bridgehead atoms. The van der Waals surface area contributed by atoms with Gasteiger partial charge < -0.3 is 10.4 Å². The number of carbonyl (C=O) groups excluding carboxylic acids is 1. The van der Waals surface area contributed by atoms with Crippen LogP contribution in [0.25, 0.3) is 16.5 Å². The van der Waals surface area contributed by atoms with Crippen molar-refractivity contribution in [3.8, 4) is 10.4 Å². The Morgan fingerprint density at radius 1 is 0.964 bits per heavy atom. The van der Waals surface area contributed by atoms with Crippen LogP contribution in [0, 0.1) is 0 Å². The molecule has 1 amide bonds. The Morgan fingerprint density at radius 2 is 1.71 bits per heavy atom. The van der Waals surface area contributed by atoms with Crippen molar-refractivity contribution >= 4 is 64.1 Å². The highest BCUT2D eigenvalue weighted by Gasteiger charge is 2.17. The molecule has 0 aliphatic heterocycles. The Labute approximate surface area is 180 Å². The number of hydrogen-bond acceptors (Lipinski definition) is 3. The lowest BCUT2D eigenvalue weighted by atomic mass is 10.2. The minimum absolute atomic E-state index is 0.126. The Kier molecular flexibility index (Phi) is 6.42. The van der Waals surface area contributed by atoms with E-state index >= 15 is 0 Å². The molecule has 4 nitrogen and oxygen atoms in total. The lowest BCUT2D eigenvalue weighted by Gasteiger charge is -2.07. The maximum Gasteiger partial charge on any atom is 0.352 e. The summed E-state index contributed by atoms with van der Waals surface area (Å²) in [4.78, 5) is 25.5. The second-order valence-electron chi connectivity index (χ2n) is 5.62. The van der Waals surface area contributed by atoms with Crippen LogP contribution in [0.2, 0.25) is 15.1 Å². The van der Waals surface area contributed by atoms with Gasteiger partial charge >= 0.3 is 5.97 Å². The number of aliphatic carboxylic acids is 1. The zero-order valence-electron chi connectivity index (χ0n) is 14.1. The summed E-state index contributed by atoms with van der Waals surface area (Å²) in [6.07, 6.45) is 1.38. The number of carboxylic acids is 1. The van der Waals surface area contributed by atoms with Gasteiger partial charge in [0.1, 0.15) is 5.70 Å². The molecule has 2 N–H and O–H groups in total. The molecule has 0 saturated heterocycles. The van der Waals surface area contributed by atoms with Crippen molar-refractivity contribution in [3.63, 3.8) is 0 Å². The summed E-state index contributed by atoms with van der Waals surface area (Å²) < 4.78 is 0. The Balaban J connectivity index is 1.87.